The van der Waals surface area contributed by atoms with Gasteiger partial charge in [-0.25, -0.2) is 9.97 Å². The maximum Gasteiger partial charge on any atom is 0.307 e. The van der Waals surface area contributed by atoms with Crippen LogP contribution in [-0.4, -0.2) is 34.4 Å². The van der Waals surface area contributed by atoms with Crippen molar-refractivity contribution in [3.63, 3.8) is 0 Å². The minimum atomic E-state index is -3.66. The van der Waals surface area contributed by atoms with Gasteiger partial charge in [0.05, 0.1) is 11.9 Å². The first kappa shape index (κ1) is 15.4. The van der Waals surface area contributed by atoms with Gasteiger partial charge in [0.1, 0.15) is 0 Å². The van der Waals surface area contributed by atoms with Gasteiger partial charge in [0.15, 0.2) is 0 Å². The third-order valence-corrected chi connectivity index (χ3v) is 3.34. The van der Waals surface area contributed by atoms with Gasteiger partial charge in [-0.3, -0.25) is 0 Å². The van der Waals surface area contributed by atoms with Crippen LogP contribution in [0.2, 0.25) is 0 Å². The number of aryl methyl sites for hydroxylation is 3. The molecule has 0 bridgehead atoms. The van der Waals surface area contributed by atoms with Crippen molar-refractivity contribution >= 4 is 10.1 Å². The average molecular weight is 310 g/mol. The summed E-state index contributed by atoms with van der Waals surface area (Å²) in [6, 6.07) is 1.83. The van der Waals surface area contributed by atoms with E-state index < -0.39 is 10.1 Å². The third-order valence-electron chi connectivity index (χ3n) is 2.88. The van der Waals surface area contributed by atoms with Crippen LogP contribution in [-0.2, 0) is 16.5 Å². The molecule has 7 nitrogen and oxygen atoms in total. The second-order valence-electron chi connectivity index (χ2n) is 4.87. The highest BCUT2D eigenvalue weighted by Crippen LogP contribution is 2.26. The zero-order chi connectivity index (χ0) is 15.8. The van der Waals surface area contributed by atoms with E-state index in [1.807, 2.05) is 26.8 Å². The zero-order valence-electron chi connectivity index (χ0n) is 12.7. The first-order chi connectivity index (χ1) is 9.71. The second-order valence-corrected chi connectivity index (χ2v) is 6.45. The summed E-state index contributed by atoms with van der Waals surface area (Å²) in [5.41, 5.74) is 2.96. The molecule has 0 radical (unpaired) electrons. The first-order valence-corrected chi connectivity index (χ1v) is 8.33. The molecule has 0 aromatic carbocycles. The summed E-state index contributed by atoms with van der Waals surface area (Å²) in [5.74, 6) is 0.455. The fourth-order valence-electron chi connectivity index (χ4n) is 2.11. The smallest absolute Gasteiger partial charge is 0.307 e. The number of hydrogen-bond acceptors (Lipinski definition) is 6. The fraction of sp³-hybridized carbons (Fsp3) is 0.462. The normalized spacial score (nSPS) is 11.7. The Hall–Kier alpha value is -1.96. The van der Waals surface area contributed by atoms with Crippen molar-refractivity contribution in [3.05, 3.63) is 28.7 Å². The molecule has 0 N–H and O–H groups in total. The van der Waals surface area contributed by atoms with Gasteiger partial charge < -0.3 is 4.18 Å². The minimum Gasteiger partial charge on any atom is -0.361 e. The molecule has 0 saturated heterocycles. The summed E-state index contributed by atoms with van der Waals surface area (Å²) in [6.45, 7) is 7.39. The average Bonchev–Trinajstić information content (AvgIpc) is 2.62. The molecular weight excluding hydrogens is 292 g/mol. The molecule has 0 unspecified atom stereocenters. The lowest BCUT2D eigenvalue weighted by atomic mass is 10.2. The largest absolute Gasteiger partial charge is 0.361 e. The molecule has 2 heterocycles. The van der Waals surface area contributed by atoms with Crippen LogP contribution < -0.4 is 4.18 Å². The maximum absolute atomic E-state index is 11.5. The van der Waals surface area contributed by atoms with Crippen molar-refractivity contribution in [1.29, 1.82) is 0 Å². The van der Waals surface area contributed by atoms with Crippen molar-refractivity contribution < 1.29 is 12.6 Å². The quantitative estimate of drug-likeness (QED) is 0.795. The van der Waals surface area contributed by atoms with E-state index in [1.165, 1.54) is 4.68 Å². The number of hydrogen-bond donors (Lipinski definition) is 0. The van der Waals surface area contributed by atoms with Gasteiger partial charge in [-0.05, 0) is 33.3 Å². The lowest BCUT2D eigenvalue weighted by molar-refractivity contribution is 0.465. The minimum absolute atomic E-state index is 0.155. The van der Waals surface area contributed by atoms with Crippen LogP contribution in [0.4, 0.5) is 0 Å². The summed E-state index contributed by atoms with van der Waals surface area (Å²) < 4.78 is 29.4. The van der Waals surface area contributed by atoms with E-state index in [1.54, 1.807) is 6.92 Å². The third kappa shape index (κ3) is 3.38. The first-order valence-electron chi connectivity index (χ1n) is 6.52. The van der Waals surface area contributed by atoms with Gasteiger partial charge in [-0.1, -0.05) is 6.92 Å². The molecule has 114 valence electrons. The van der Waals surface area contributed by atoms with Crippen LogP contribution in [0.3, 0.4) is 0 Å². The molecule has 0 saturated carbocycles. The highest BCUT2D eigenvalue weighted by Gasteiger charge is 2.22. The van der Waals surface area contributed by atoms with Gasteiger partial charge in [0.2, 0.25) is 5.88 Å². The van der Waals surface area contributed by atoms with Gasteiger partial charge in [-0.15, -0.1) is 0 Å². The van der Waals surface area contributed by atoms with E-state index in [2.05, 4.69) is 15.1 Å². The number of aromatic nitrogens is 4. The van der Waals surface area contributed by atoms with Crippen LogP contribution in [0.1, 0.15) is 29.6 Å². The Morgan fingerprint density at radius 3 is 2.24 bits per heavy atom. The summed E-state index contributed by atoms with van der Waals surface area (Å²) in [6.07, 6.45) is 1.60. The second kappa shape index (κ2) is 5.44. The lowest BCUT2D eigenvalue weighted by Gasteiger charge is -2.08. The van der Waals surface area contributed by atoms with Gasteiger partial charge >= 0.3 is 10.1 Å². The van der Waals surface area contributed by atoms with E-state index in [4.69, 9.17) is 4.18 Å². The van der Waals surface area contributed by atoms with E-state index in [0.29, 0.717) is 18.1 Å². The zero-order valence-corrected chi connectivity index (χ0v) is 13.5. The maximum atomic E-state index is 11.5. The molecule has 2 aromatic heterocycles. The Kier molecular flexibility index (Phi) is 3.99. The Morgan fingerprint density at radius 2 is 1.76 bits per heavy atom. The van der Waals surface area contributed by atoms with Crippen LogP contribution in [0.15, 0.2) is 6.07 Å². The van der Waals surface area contributed by atoms with Crippen LogP contribution in [0, 0.1) is 20.8 Å². The Morgan fingerprint density at radius 1 is 1.19 bits per heavy atom. The Bertz CT molecular complexity index is 761. The topological polar surface area (TPSA) is 87.0 Å². The van der Waals surface area contributed by atoms with E-state index in [9.17, 15) is 8.42 Å². The van der Waals surface area contributed by atoms with E-state index in [0.717, 1.165) is 23.2 Å². The summed E-state index contributed by atoms with van der Waals surface area (Å²) in [5, 5.41) is 4.32. The predicted molar refractivity (Wildman–Crippen MR) is 78.2 cm³/mol. The molecule has 0 aliphatic carbocycles. The van der Waals surface area contributed by atoms with Crippen molar-refractivity contribution in [1.82, 2.24) is 19.7 Å². The standard InChI is InChI=1S/C13H18N4O3S/c1-6-11-10(4)16-17(12(11)20-21(5,18)19)13-14-8(2)7-9(3)15-13/h7H,6H2,1-5H3. The molecule has 0 fully saturated rings. The fourth-order valence-corrected chi connectivity index (χ4v) is 2.57. The highest BCUT2D eigenvalue weighted by molar-refractivity contribution is 7.86. The SMILES string of the molecule is CCc1c(C)nn(-c2nc(C)cc(C)n2)c1OS(C)(=O)=O. The molecule has 21 heavy (non-hydrogen) atoms. The molecular formula is C13H18N4O3S. The molecule has 0 spiro atoms. The Labute approximate surface area is 124 Å². The lowest BCUT2D eigenvalue weighted by Crippen LogP contribution is -2.13. The van der Waals surface area contributed by atoms with Crippen molar-refractivity contribution in [2.24, 2.45) is 0 Å². The monoisotopic (exact) mass is 310 g/mol. The van der Waals surface area contributed by atoms with Gasteiger partial charge in [0.25, 0.3) is 5.95 Å². The van der Waals surface area contributed by atoms with Crippen LogP contribution in [0.25, 0.3) is 5.95 Å². The van der Waals surface area contributed by atoms with E-state index >= 15 is 0 Å². The molecule has 2 rings (SSSR count). The molecule has 2 aromatic rings. The highest BCUT2D eigenvalue weighted by atomic mass is 32.2. The number of rotatable bonds is 4. The molecule has 0 aliphatic heterocycles. The van der Waals surface area contributed by atoms with Crippen LogP contribution >= 0.6 is 0 Å². The van der Waals surface area contributed by atoms with Crippen molar-refractivity contribution in [2.75, 3.05) is 6.26 Å². The molecule has 0 aliphatic rings. The Balaban J connectivity index is 2.68. The van der Waals surface area contributed by atoms with Gasteiger partial charge in [-0.2, -0.15) is 18.2 Å². The van der Waals surface area contributed by atoms with Gasteiger partial charge in [0, 0.05) is 17.0 Å². The van der Waals surface area contributed by atoms with Crippen molar-refractivity contribution in [2.45, 2.75) is 34.1 Å². The molecule has 0 atom stereocenters. The van der Waals surface area contributed by atoms with Crippen molar-refractivity contribution in [3.8, 4) is 11.8 Å². The molecule has 8 heteroatoms. The summed E-state index contributed by atoms with van der Waals surface area (Å²) in [4.78, 5) is 8.60. The summed E-state index contributed by atoms with van der Waals surface area (Å²) in [7, 11) is -3.66. The molecule has 0 amide bonds. The van der Waals surface area contributed by atoms with E-state index in [-0.39, 0.29) is 5.88 Å². The number of nitrogens with zero attached hydrogens (tertiary/aromatic N) is 4. The van der Waals surface area contributed by atoms with Crippen LogP contribution in [0.5, 0.6) is 5.88 Å². The summed E-state index contributed by atoms with van der Waals surface area (Å²) >= 11 is 0. The predicted octanol–water partition coefficient (Wildman–Crippen LogP) is 1.49.